The average Bonchev–Trinajstić information content (AvgIpc) is 2.38. The fraction of sp³-hybridized carbons (Fsp3) is 0.727. The van der Waals surface area contributed by atoms with E-state index in [-0.39, 0.29) is 30.1 Å². The average molecular weight is 227 g/mol. The number of rotatable bonds is 4. The van der Waals surface area contributed by atoms with Crippen LogP contribution >= 0.6 is 0 Å². The first-order valence-corrected chi connectivity index (χ1v) is 5.43. The molecule has 0 aromatic rings. The van der Waals surface area contributed by atoms with E-state index in [2.05, 4.69) is 0 Å². The maximum Gasteiger partial charge on any atom is 0.326 e. The molecule has 0 aromatic heterocycles. The van der Waals surface area contributed by atoms with E-state index in [1.165, 1.54) is 0 Å². The van der Waals surface area contributed by atoms with Crippen LogP contribution in [0.1, 0.15) is 33.6 Å². The van der Waals surface area contributed by atoms with Crippen LogP contribution in [-0.2, 0) is 14.4 Å². The molecule has 1 fully saturated rings. The molecule has 2 atom stereocenters. The number of hydrogen-bond acceptors (Lipinski definition) is 3. The van der Waals surface area contributed by atoms with Crippen molar-refractivity contribution in [1.29, 1.82) is 0 Å². The normalized spacial score (nSPS) is 23.0. The molecule has 2 unspecified atom stereocenters. The van der Waals surface area contributed by atoms with Crippen LogP contribution < -0.4 is 0 Å². The summed E-state index contributed by atoms with van der Waals surface area (Å²) < 4.78 is 0. The molecule has 1 N–H and O–H groups in total. The molecule has 0 saturated carbocycles. The molecular weight excluding hydrogens is 210 g/mol. The van der Waals surface area contributed by atoms with Crippen LogP contribution in [0.2, 0.25) is 0 Å². The second-order valence-corrected chi connectivity index (χ2v) is 4.69. The molecule has 5 nitrogen and oxygen atoms in total. The second-order valence-electron chi connectivity index (χ2n) is 4.69. The van der Waals surface area contributed by atoms with Gasteiger partial charge in [-0.05, 0) is 12.3 Å². The molecule has 2 amide bonds. The van der Waals surface area contributed by atoms with Crippen LogP contribution in [0, 0.1) is 11.8 Å². The molecule has 16 heavy (non-hydrogen) atoms. The molecule has 90 valence electrons. The summed E-state index contributed by atoms with van der Waals surface area (Å²) in [5, 5.41) is 9.06. The molecule has 0 radical (unpaired) electrons. The van der Waals surface area contributed by atoms with Crippen molar-refractivity contribution >= 4 is 17.8 Å². The van der Waals surface area contributed by atoms with Gasteiger partial charge in [0.2, 0.25) is 11.8 Å². The zero-order valence-corrected chi connectivity index (χ0v) is 9.77. The smallest absolute Gasteiger partial charge is 0.326 e. The lowest BCUT2D eigenvalue weighted by atomic mass is 10.0. The molecule has 0 bridgehead atoms. The molecule has 1 aliphatic heterocycles. The summed E-state index contributed by atoms with van der Waals surface area (Å²) in [7, 11) is 0. The van der Waals surface area contributed by atoms with E-state index in [0.29, 0.717) is 6.42 Å². The summed E-state index contributed by atoms with van der Waals surface area (Å²) in [6, 6.07) is -1.01. The Morgan fingerprint density at radius 2 is 2.06 bits per heavy atom. The van der Waals surface area contributed by atoms with E-state index in [4.69, 9.17) is 5.11 Å². The standard InChI is InChI=1S/C11H17NO4/c1-6(2)4-8(11(15)16)12-9(13)5-7(3)10(12)14/h6-8H,4-5H2,1-3H3,(H,15,16). The molecular formula is C11H17NO4. The number of aliphatic carboxylic acids is 1. The third kappa shape index (κ3) is 2.40. The molecule has 5 heteroatoms. The summed E-state index contributed by atoms with van der Waals surface area (Å²) in [5.41, 5.74) is 0. The van der Waals surface area contributed by atoms with Gasteiger partial charge in [-0.25, -0.2) is 4.79 Å². The van der Waals surface area contributed by atoms with Crippen molar-refractivity contribution < 1.29 is 19.5 Å². The van der Waals surface area contributed by atoms with Gasteiger partial charge < -0.3 is 5.11 Å². The minimum Gasteiger partial charge on any atom is -0.480 e. The van der Waals surface area contributed by atoms with Gasteiger partial charge in [0.25, 0.3) is 0 Å². The van der Waals surface area contributed by atoms with E-state index in [9.17, 15) is 14.4 Å². The molecule has 1 saturated heterocycles. The third-order valence-corrected chi connectivity index (χ3v) is 2.70. The van der Waals surface area contributed by atoms with Gasteiger partial charge in [0, 0.05) is 12.3 Å². The van der Waals surface area contributed by atoms with Gasteiger partial charge in [-0.2, -0.15) is 0 Å². The van der Waals surface area contributed by atoms with Gasteiger partial charge in [-0.3, -0.25) is 14.5 Å². The summed E-state index contributed by atoms with van der Waals surface area (Å²) in [5.74, 6) is -2.10. The number of nitrogens with zero attached hydrogens (tertiary/aromatic N) is 1. The molecule has 0 spiro atoms. The Morgan fingerprint density at radius 3 is 2.38 bits per heavy atom. The van der Waals surface area contributed by atoms with Gasteiger partial charge in [-0.1, -0.05) is 20.8 Å². The summed E-state index contributed by atoms with van der Waals surface area (Å²) in [6.45, 7) is 5.38. The predicted octanol–water partition coefficient (Wildman–Crippen LogP) is 0.881. The molecule has 1 heterocycles. The number of likely N-dealkylation sites (tertiary alicyclic amines) is 1. The van der Waals surface area contributed by atoms with Crippen molar-refractivity contribution in [3.63, 3.8) is 0 Å². The Bertz CT molecular complexity index is 324. The van der Waals surface area contributed by atoms with E-state index < -0.39 is 12.0 Å². The van der Waals surface area contributed by atoms with Crippen LogP contribution in [-0.4, -0.2) is 33.8 Å². The zero-order chi connectivity index (χ0) is 12.5. The van der Waals surface area contributed by atoms with Crippen molar-refractivity contribution in [2.45, 2.75) is 39.7 Å². The summed E-state index contributed by atoms with van der Waals surface area (Å²) >= 11 is 0. The zero-order valence-electron chi connectivity index (χ0n) is 9.77. The predicted molar refractivity (Wildman–Crippen MR) is 56.5 cm³/mol. The molecule has 1 aliphatic rings. The molecule has 1 rings (SSSR count). The van der Waals surface area contributed by atoms with E-state index in [1.807, 2.05) is 13.8 Å². The Labute approximate surface area is 94.4 Å². The Kier molecular flexibility index (Phi) is 3.67. The number of carboxylic acid groups (broad SMARTS) is 1. The van der Waals surface area contributed by atoms with Crippen LogP contribution in [0.15, 0.2) is 0 Å². The minimum atomic E-state index is -1.11. The fourth-order valence-corrected chi connectivity index (χ4v) is 1.90. The van der Waals surface area contributed by atoms with Gasteiger partial charge >= 0.3 is 5.97 Å². The van der Waals surface area contributed by atoms with Gasteiger partial charge in [0.1, 0.15) is 6.04 Å². The van der Waals surface area contributed by atoms with E-state index in [1.54, 1.807) is 6.92 Å². The van der Waals surface area contributed by atoms with Crippen molar-refractivity contribution in [2.24, 2.45) is 11.8 Å². The Hall–Kier alpha value is -1.39. The summed E-state index contributed by atoms with van der Waals surface area (Å²) in [6.07, 6.45) is 0.431. The van der Waals surface area contributed by atoms with Crippen molar-refractivity contribution in [1.82, 2.24) is 4.90 Å². The number of hydrogen-bond donors (Lipinski definition) is 1. The largest absolute Gasteiger partial charge is 0.480 e. The van der Waals surface area contributed by atoms with Gasteiger partial charge in [0.05, 0.1) is 0 Å². The van der Waals surface area contributed by atoms with Crippen LogP contribution in [0.25, 0.3) is 0 Å². The van der Waals surface area contributed by atoms with Crippen molar-refractivity contribution in [3.05, 3.63) is 0 Å². The van der Waals surface area contributed by atoms with Crippen LogP contribution in [0.5, 0.6) is 0 Å². The van der Waals surface area contributed by atoms with E-state index in [0.717, 1.165) is 4.90 Å². The third-order valence-electron chi connectivity index (χ3n) is 2.70. The topological polar surface area (TPSA) is 74.7 Å². The van der Waals surface area contributed by atoms with Gasteiger partial charge in [0.15, 0.2) is 0 Å². The lowest BCUT2D eigenvalue weighted by Crippen LogP contribution is -2.45. The highest BCUT2D eigenvalue weighted by Gasteiger charge is 2.42. The van der Waals surface area contributed by atoms with Crippen molar-refractivity contribution in [2.75, 3.05) is 0 Å². The van der Waals surface area contributed by atoms with E-state index >= 15 is 0 Å². The maximum absolute atomic E-state index is 11.7. The highest BCUT2D eigenvalue weighted by atomic mass is 16.4. The summed E-state index contributed by atoms with van der Waals surface area (Å²) in [4.78, 5) is 35.2. The number of amides is 2. The number of carbonyl (C=O) groups excluding carboxylic acids is 2. The quantitative estimate of drug-likeness (QED) is 0.723. The fourth-order valence-electron chi connectivity index (χ4n) is 1.90. The molecule has 0 aromatic carbocycles. The van der Waals surface area contributed by atoms with Crippen molar-refractivity contribution in [3.8, 4) is 0 Å². The Balaban J connectivity index is 2.90. The van der Waals surface area contributed by atoms with Crippen LogP contribution in [0.3, 0.4) is 0 Å². The lowest BCUT2D eigenvalue weighted by Gasteiger charge is -2.24. The first-order chi connectivity index (χ1) is 7.34. The number of carboxylic acids is 1. The van der Waals surface area contributed by atoms with Gasteiger partial charge in [-0.15, -0.1) is 0 Å². The highest BCUT2D eigenvalue weighted by Crippen LogP contribution is 2.24. The maximum atomic E-state index is 11.7. The monoisotopic (exact) mass is 227 g/mol. The molecule has 0 aliphatic carbocycles. The Morgan fingerprint density at radius 1 is 1.50 bits per heavy atom. The minimum absolute atomic E-state index is 0.123. The first-order valence-electron chi connectivity index (χ1n) is 5.43. The first kappa shape index (κ1) is 12.7. The second kappa shape index (κ2) is 4.63. The highest BCUT2D eigenvalue weighted by molar-refractivity contribution is 6.06. The number of carbonyl (C=O) groups is 3. The number of imide groups is 1. The SMILES string of the molecule is CC(C)CC(C(=O)O)N1C(=O)CC(C)C1=O. The lowest BCUT2D eigenvalue weighted by molar-refractivity contribution is -0.155. The van der Waals surface area contributed by atoms with Crippen LogP contribution in [0.4, 0.5) is 0 Å².